The Kier molecular flexibility index (Phi) is 12.7. The van der Waals surface area contributed by atoms with Gasteiger partial charge in [0.1, 0.15) is 35.7 Å². The van der Waals surface area contributed by atoms with E-state index in [0.717, 1.165) is 22.7 Å². The van der Waals surface area contributed by atoms with E-state index in [9.17, 15) is 32.8 Å². The predicted octanol–water partition coefficient (Wildman–Crippen LogP) is 3.27. The molecule has 3 aromatic rings. The number of carbonyl (C=O) groups excluding carboxylic acids is 4. The zero-order valence-electron chi connectivity index (χ0n) is 32.4. The van der Waals surface area contributed by atoms with Crippen LogP contribution in [0.5, 0.6) is 5.75 Å². The lowest BCUT2D eigenvalue weighted by Crippen LogP contribution is -2.52. The third kappa shape index (κ3) is 8.64. The molecule has 58 heavy (non-hydrogen) atoms. The zero-order valence-corrected chi connectivity index (χ0v) is 32.4. The van der Waals surface area contributed by atoms with Crippen LogP contribution >= 0.6 is 0 Å². The maximum atomic E-state index is 14.4. The molecule has 310 valence electrons. The molecule has 3 amide bonds. The van der Waals surface area contributed by atoms with Gasteiger partial charge in [-0.1, -0.05) is 23.7 Å². The van der Waals surface area contributed by atoms with E-state index in [2.05, 4.69) is 15.5 Å². The van der Waals surface area contributed by atoms with Gasteiger partial charge in [0, 0.05) is 62.2 Å². The number of unbranched alkanes of at least 4 members (excludes halogenated alkanes) is 1. The number of fused-ring (bicyclic) bond motifs is 5. The Morgan fingerprint density at radius 1 is 1.16 bits per heavy atom. The summed E-state index contributed by atoms with van der Waals surface area (Å²) in [5, 5.41) is 6.71. The van der Waals surface area contributed by atoms with Crippen LogP contribution in [-0.4, -0.2) is 88.7 Å². The van der Waals surface area contributed by atoms with Crippen molar-refractivity contribution in [3.05, 3.63) is 87.0 Å². The highest BCUT2D eigenvalue weighted by molar-refractivity contribution is 5.99. The van der Waals surface area contributed by atoms with Crippen LogP contribution in [0.2, 0.25) is 0 Å². The minimum atomic E-state index is -1.00. The van der Waals surface area contributed by atoms with Crippen LogP contribution in [0.25, 0.3) is 0 Å². The van der Waals surface area contributed by atoms with E-state index in [1.54, 1.807) is 17.0 Å². The molecule has 0 aliphatic carbocycles. The molecule has 5 N–H and O–H groups in total. The number of carbonyl (C=O) groups is 4. The van der Waals surface area contributed by atoms with Crippen LogP contribution in [0.1, 0.15) is 90.4 Å². The van der Waals surface area contributed by atoms with Gasteiger partial charge in [-0.15, -0.1) is 0 Å². The van der Waals surface area contributed by atoms with Crippen molar-refractivity contribution >= 4 is 35.4 Å². The first-order chi connectivity index (χ1) is 27.7. The van der Waals surface area contributed by atoms with Gasteiger partial charge in [-0.05, 0) is 58.2 Å². The maximum absolute atomic E-state index is 14.4. The number of oxime groups is 1. The largest absolute Gasteiger partial charge is 0.460 e. The summed E-state index contributed by atoms with van der Waals surface area (Å²) in [6.45, 7) is 2.81. The van der Waals surface area contributed by atoms with Gasteiger partial charge in [0.2, 0.25) is 18.0 Å². The molecule has 6 rings (SSSR count). The number of nitrogens with one attached hydrogen (secondary N) is 1. The van der Waals surface area contributed by atoms with E-state index in [-0.39, 0.29) is 36.3 Å². The number of nitrogens with zero attached hydrogens (tertiary/aromatic N) is 5. The standard InChI is InChI=1S/C39H46F2N8O9/c1-22-16-39(58-46-22)12-11-23(2)48-19-30(39)49-18-27(35(51)45-17-24-9-10-26(40)15-28(24)41)32(50)33(31(49)36(48)52)56-21-57-38(54)47(3)34-25(7-6-14-44-34)20-55-37(53)29(43)8-4-5-13-42/h6-7,9-10,14-15,18,23,29-30H,4-5,8,11-13,16-17,19-21,42-43H2,1-3H3,(H,45,51)/t23-,29-,30+,39-/m0/s1. The molecule has 0 radical (unpaired) electrons. The second kappa shape index (κ2) is 17.7. The quantitative estimate of drug-likeness (QED) is 0.121. The summed E-state index contributed by atoms with van der Waals surface area (Å²) in [4.78, 5) is 80.8. The molecule has 19 heteroatoms. The lowest BCUT2D eigenvalue weighted by atomic mass is 9.84. The van der Waals surface area contributed by atoms with E-state index in [1.165, 1.54) is 24.0 Å². The Hall–Kier alpha value is -5.95. The van der Waals surface area contributed by atoms with Crippen molar-refractivity contribution < 1.29 is 47.0 Å². The maximum Gasteiger partial charge on any atom is 0.418 e. The molecule has 2 aromatic heterocycles. The van der Waals surface area contributed by atoms with E-state index >= 15 is 0 Å². The summed E-state index contributed by atoms with van der Waals surface area (Å²) in [6.07, 6.45) is 4.90. The first-order valence-electron chi connectivity index (χ1n) is 18.9. The number of ether oxygens (including phenoxy) is 3. The fraction of sp³-hybridized carbons (Fsp3) is 0.462. The molecular weight excluding hydrogens is 762 g/mol. The van der Waals surface area contributed by atoms with Crippen LogP contribution in [0.15, 0.2) is 52.7 Å². The zero-order chi connectivity index (χ0) is 41.7. The number of amides is 3. The van der Waals surface area contributed by atoms with Crippen molar-refractivity contribution in [2.75, 3.05) is 31.8 Å². The predicted molar refractivity (Wildman–Crippen MR) is 204 cm³/mol. The fourth-order valence-corrected chi connectivity index (χ4v) is 7.39. The van der Waals surface area contributed by atoms with Crippen molar-refractivity contribution in [1.29, 1.82) is 0 Å². The molecule has 1 aromatic carbocycles. The Morgan fingerprint density at radius 3 is 2.67 bits per heavy atom. The Morgan fingerprint density at radius 2 is 1.95 bits per heavy atom. The smallest absolute Gasteiger partial charge is 0.418 e. The van der Waals surface area contributed by atoms with Gasteiger partial charge >= 0.3 is 12.1 Å². The van der Waals surface area contributed by atoms with Gasteiger partial charge in [-0.2, -0.15) is 0 Å². The summed E-state index contributed by atoms with van der Waals surface area (Å²) in [5.74, 6) is -4.30. The van der Waals surface area contributed by atoms with E-state index in [0.29, 0.717) is 56.7 Å². The number of anilines is 1. The molecule has 2 bridgehead atoms. The molecular formula is C39H46F2N8O9. The van der Waals surface area contributed by atoms with Crippen molar-refractivity contribution in [3.8, 4) is 5.75 Å². The number of halogens is 2. The van der Waals surface area contributed by atoms with E-state index < -0.39 is 83.3 Å². The number of hydrogen-bond acceptors (Lipinski definition) is 13. The van der Waals surface area contributed by atoms with Crippen LogP contribution in [0.3, 0.4) is 0 Å². The second-order valence-electron chi connectivity index (χ2n) is 14.6. The number of hydrogen-bond donors (Lipinski definition) is 3. The third-order valence-corrected chi connectivity index (χ3v) is 10.6. The van der Waals surface area contributed by atoms with Gasteiger partial charge < -0.3 is 45.3 Å². The first kappa shape index (κ1) is 41.7. The monoisotopic (exact) mass is 808 g/mol. The molecule has 3 aliphatic heterocycles. The fourth-order valence-electron chi connectivity index (χ4n) is 7.39. The lowest BCUT2D eigenvalue weighted by molar-refractivity contribution is -0.146. The molecule has 1 spiro atoms. The lowest BCUT2D eigenvalue weighted by Gasteiger charge is -2.42. The van der Waals surface area contributed by atoms with E-state index in [1.807, 2.05) is 13.8 Å². The summed E-state index contributed by atoms with van der Waals surface area (Å²) in [6, 6.07) is 4.29. The highest BCUT2D eigenvalue weighted by atomic mass is 19.1. The molecule has 1 fully saturated rings. The summed E-state index contributed by atoms with van der Waals surface area (Å²) >= 11 is 0. The molecule has 5 heterocycles. The number of aromatic nitrogens is 2. The van der Waals surface area contributed by atoms with Gasteiger partial charge in [0.15, 0.2) is 11.3 Å². The van der Waals surface area contributed by atoms with Gasteiger partial charge in [0.05, 0.1) is 11.8 Å². The highest BCUT2D eigenvalue weighted by Crippen LogP contribution is 2.46. The number of pyridine rings is 2. The Bertz CT molecular complexity index is 2170. The number of benzene rings is 1. The van der Waals surface area contributed by atoms with Crippen LogP contribution in [-0.2, 0) is 32.3 Å². The Balaban J connectivity index is 1.26. The van der Waals surface area contributed by atoms with Gasteiger partial charge in [-0.3, -0.25) is 24.1 Å². The van der Waals surface area contributed by atoms with Crippen molar-refractivity contribution in [2.45, 2.75) is 89.3 Å². The van der Waals surface area contributed by atoms with Gasteiger partial charge in [-0.25, -0.2) is 18.6 Å². The molecule has 1 saturated heterocycles. The van der Waals surface area contributed by atoms with Crippen LogP contribution < -0.4 is 31.8 Å². The number of esters is 1. The molecule has 0 saturated carbocycles. The molecule has 17 nitrogen and oxygen atoms in total. The van der Waals surface area contributed by atoms with Crippen LogP contribution in [0.4, 0.5) is 19.4 Å². The SMILES string of the molecule is CC1=NO[C@@]2(CC[C@H](C)N3C[C@H]2n2cc(C(=O)NCc4ccc(F)cc4F)c(=O)c(OCOC(=O)N(C)c4ncccc4COC(=O)[C@@H](N)CCCCN)c2C3=O)C1. The topological polar surface area (TPSA) is 223 Å². The first-order valence-corrected chi connectivity index (χ1v) is 18.9. The second-order valence-corrected chi connectivity index (χ2v) is 14.6. The summed E-state index contributed by atoms with van der Waals surface area (Å²) in [7, 11) is 1.36. The number of rotatable bonds is 14. The summed E-state index contributed by atoms with van der Waals surface area (Å²) in [5.41, 5.74) is 9.92. The minimum Gasteiger partial charge on any atom is -0.460 e. The number of nitrogens with two attached hydrogens (primary N) is 2. The van der Waals surface area contributed by atoms with Crippen molar-refractivity contribution in [2.24, 2.45) is 16.6 Å². The molecule has 3 aliphatic rings. The molecule has 4 atom stereocenters. The normalized spacial score (nSPS) is 20.0. The average Bonchev–Trinajstić information content (AvgIpc) is 3.54. The van der Waals surface area contributed by atoms with Crippen molar-refractivity contribution in [3.63, 3.8) is 0 Å². The van der Waals surface area contributed by atoms with E-state index in [4.69, 9.17) is 30.5 Å². The third-order valence-electron chi connectivity index (χ3n) is 10.6. The van der Waals surface area contributed by atoms with Crippen LogP contribution in [0, 0.1) is 11.6 Å². The average molecular weight is 809 g/mol. The highest BCUT2D eigenvalue weighted by Gasteiger charge is 2.54. The van der Waals surface area contributed by atoms with Crippen molar-refractivity contribution in [1.82, 2.24) is 19.8 Å². The molecule has 0 unspecified atom stereocenters. The van der Waals surface area contributed by atoms with Gasteiger partial charge in [0.25, 0.3) is 11.8 Å². The summed E-state index contributed by atoms with van der Waals surface area (Å²) < 4.78 is 46.1. The Labute approximate surface area is 332 Å². The minimum absolute atomic E-state index is 0.0362.